The summed E-state index contributed by atoms with van der Waals surface area (Å²) in [5, 5.41) is 15.6. The highest BCUT2D eigenvalue weighted by molar-refractivity contribution is 6.39. The van der Waals surface area contributed by atoms with Gasteiger partial charge in [-0.25, -0.2) is 14.6 Å². The van der Waals surface area contributed by atoms with E-state index in [1.54, 1.807) is 26.6 Å². The molecule has 2 aromatic carbocycles. The molecule has 6 rings (SSSR count). The van der Waals surface area contributed by atoms with Crippen LogP contribution < -0.4 is 26.2 Å². The number of nitrogens with one attached hydrogen (secondary N) is 3. The number of anilines is 2. The fourth-order valence-electron chi connectivity index (χ4n) is 5.39. The van der Waals surface area contributed by atoms with E-state index in [0.717, 1.165) is 12.1 Å². The highest BCUT2D eigenvalue weighted by Crippen LogP contribution is 2.42. The Morgan fingerprint density at radius 3 is 2.56 bits per heavy atom. The van der Waals surface area contributed by atoms with Gasteiger partial charge in [-0.3, -0.25) is 14.6 Å². The SMILES string of the molecule is COc1nc(-c2cccc(-c3cccc(Nc4nc(C)cc5cnn(C)c(=O)c45)c3Cl)c2Cl)cnc1CNCC1CCC(=O)N1. The fourth-order valence-corrected chi connectivity index (χ4v) is 5.99. The number of nitrogens with zero attached hydrogens (tertiary/aromatic N) is 5. The number of pyridine rings is 1. The van der Waals surface area contributed by atoms with Crippen LogP contribution in [0.25, 0.3) is 33.2 Å². The summed E-state index contributed by atoms with van der Waals surface area (Å²) in [6.45, 7) is 2.91. The predicted molar refractivity (Wildman–Crippen MR) is 175 cm³/mol. The van der Waals surface area contributed by atoms with E-state index in [1.165, 1.54) is 4.68 Å². The van der Waals surface area contributed by atoms with Crippen molar-refractivity contribution in [3.05, 3.63) is 86.6 Å². The van der Waals surface area contributed by atoms with E-state index < -0.39 is 0 Å². The summed E-state index contributed by atoms with van der Waals surface area (Å²) in [7, 11) is 3.14. The first kappa shape index (κ1) is 30.4. The Kier molecular flexibility index (Phi) is 8.66. The molecule has 1 saturated heterocycles. The molecular weight excluding hydrogens is 615 g/mol. The van der Waals surface area contributed by atoms with Crippen molar-refractivity contribution >= 4 is 51.4 Å². The van der Waals surface area contributed by atoms with Gasteiger partial charge in [-0.2, -0.15) is 5.10 Å². The van der Waals surface area contributed by atoms with Crippen molar-refractivity contribution in [1.29, 1.82) is 0 Å². The van der Waals surface area contributed by atoms with Crippen LogP contribution in [0.1, 0.15) is 24.2 Å². The molecular formula is C32H30Cl2N8O3. The van der Waals surface area contributed by atoms with E-state index in [4.69, 9.17) is 32.9 Å². The van der Waals surface area contributed by atoms with Gasteiger partial charge in [0, 0.05) is 60.4 Å². The number of benzene rings is 2. The number of aromatic nitrogens is 5. The number of methoxy groups -OCH3 is 1. The molecule has 1 fully saturated rings. The Labute approximate surface area is 269 Å². The summed E-state index contributed by atoms with van der Waals surface area (Å²) in [5.41, 5.74) is 4.22. The summed E-state index contributed by atoms with van der Waals surface area (Å²) in [6.07, 6.45) is 4.66. The average Bonchev–Trinajstić information content (AvgIpc) is 3.45. The van der Waals surface area contributed by atoms with Crippen LogP contribution in [0.3, 0.4) is 0 Å². The van der Waals surface area contributed by atoms with Crippen molar-refractivity contribution in [1.82, 2.24) is 35.4 Å². The maximum atomic E-state index is 13.0. The largest absolute Gasteiger partial charge is 0.480 e. The lowest BCUT2D eigenvalue weighted by atomic mass is 10.0. The van der Waals surface area contributed by atoms with E-state index >= 15 is 0 Å². The number of hydrogen-bond acceptors (Lipinski definition) is 9. The number of carbonyl (C=O) groups is 1. The van der Waals surface area contributed by atoms with Gasteiger partial charge >= 0.3 is 0 Å². The lowest BCUT2D eigenvalue weighted by molar-refractivity contribution is -0.119. The molecule has 1 aliphatic rings. The van der Waals surface area contributed by atoms with E-state index in [0.29, 0.717) is 85.8 Å². The van der Waals surface area contributed by atoms with E-state index in [9.17, 15) is 9.59 Å². The molecule has 45 heavy (non-hydrogen) atoms. The Morgan fingerprint density at radius 2 is 1.80 bits per heavy atom. The van der Waals surface area contributed by atoms with Gasteiger partial charge in [0.25, 0.3) is 5.56 Å². The Bertz CT molecular complexity index is 2000. The first-order valence-electron chi connectivity index (χ1n) is 14.3. The molecule has 1 amide bonds. The molecule has 1 unspecified atom stereocenters. The van der Waals surface area contributed by atoms with Gasteiger partial charge in [0.2, 0.25) is 11.8 Å². The Balaban J connectivity index is 1.29. The average molecular weight is 646 g/mol. The predicted octanol–water partition coefficient (Wildman–Crippen LogP) is 5.19. The van der Waals surface area contributed by atoms with Crippen LogP contribution in [0.15, 0.2) is 59.7 Å². The smallest absolute Gasteiger partial charge is 0.278 e. The molecule has 3 N–H and O–H groups in total. The summed E-state index contributed by atoms with van der Waals surface area (Å²) in [6, 6.07) is 13.1. The van der Waals surface area contributed by atoms with E-state index in [-0.39, 0.29) is 17.5 Å². The van der Waals surface area contributed by atoms with Crippen LogP contribution in [-0.4, -0.2) is 50.3 Å². The lowest BCUT2D eigenvalue weighted by Gasteiger charge is -2.16. The van der Waals surface area contributed by atoms with Crippen LogP contribution in [0.4, 0.5) is 11.5 Å². The standard InChI is InChI=1S/C32H30Cl2N8O3/c1-17-12-18-13-37-42(2)32(44)27(18)30(38-17)40-23-9-5-7-21(29(23)34)20-6-4-8-22(28(20)33)24-16-36-25(31(41-24)45-3)15-35-14-19-10-11-26(43)39-19/h4-9,12-13,16,19,35H,10-11,14-15H2,1-3H3,(H,38,40)(H,39,43). The summed E-state index contributed by atoms with van der Waals surface area (Å²) < 4.78 is 6.83. The zero-order valence-corrected chi connectivity index (χ0v) is 26.3. The number of fused-ring (bicyclic) bond motifs is 1. The van der Waals surface area contributed by atoms with Gasteiger partial charge in [0.05, 0.1) is 46.3 Å². The second-order valence-electron chi connectivity index (χ2n) is 10.8. The number of amides is 1. The van der Waals surface area contributed by atoms with Gasteiger partial charge in [0.1, 0.15) is 11.5 Å². The van der Waals surface area contributed by atoms with Gasteiger partial charge in [-0.05, 0) is 25.5 Å². The van der Waals surface area contributed by atoms with Crippen molar-refractivity contribution in [2.75, 3.05) is 19.0 Å². The Morgan fingerprint density at radius 1 is 1.04 bits per heavy atom. The van der Waals surface area contributed by atoms with E-state index in [2.05, 4.69) is 31.0 Å². The van der Waals surface area contributed by atoms with Crippen molar-refractivity contribution in [2.24, 2.45) is 7.05 Å². The molecule has 0 radical (unpaired) electrons. The third kappa shape index (κ3) is 6.19. The number of ether oxygens (including phenoxy) is 1. The minimum absolute atomic E-state index is 0.0775. The molecule has 1 atom stereocenters. The molecule has 0 bridgehead atoms. The van der Waals surface area contributed by atoms with E-state index in [1.807, 2.05) is 49.4 Å². The van der Waals surface area contributed by atoms with Gasteiger partial charge in [0.15, 0.2) is 0 Å². The monoisotopic (exact) mass is 644 g/mol. The molecule has 0 spiro atoms. The van der Waals surface area contributed by atoms with Gasteiger partial charge in [-0.15, -0.1) is 0 Å². The number of hydrogen-bond donors (Lipinski definition) is 3. The van der Waals surface area contributed by atoms with Crippen LogP contribution >= 0.6 is 23.2 Å². The molecule has 3 aromatic heterocycles. The first-order valence-corrected chi connectivity index (χ1v) is 15.1. The van der Waals surface area contributed by atoms with Crippen molar-refractivity contribution in [3.8, 4) is 28.3 Å². The minimum atomic E-state index is -0.272. The van der Waals surface area contributed by atoms with Crippen LogP contribution in [0.2, 0.25) is 10.0 Å². The van der Waals surface area contributed by atoms with Crippen molar-refractivity contribution in [2.45, 2.75) is 32.4 Å². The maximum absolute atomic E-state index is 13.0. The molecule has 230 valence electrons. The van der Waals surface area contributed by atoms with Crippen molar-refractivity contribution in [3.63, 3.8) is 0 Å². The number of aryl methyl sites for hydroxylation is 2. The third-order valence-corrected chi connectivity index (χ3v) is 8.46. The fraction of sp³-hybridized carbons (Fsp3) is 0.250. The molecule has 0 aliphatic carbocycles. The number of rotatable bonds is 9. The molecule has 13 heteroatoms. The zero-order chi connectivity index (χ0) is 31.7. The Hall–Kier alpha value is -4.58. The topological polar surface area (TPSA) is 136 Å². The molecule has 11 nitrogen and oxygen atoms in total. The molecule has 1 aliphatic heterocycles. The lowest BCUT2D eigenvalue weighted by Crippen LogP contribution is -2.35. The normalized spacial score (nSPS) is 14.5. The third-order valence-electron chi connectivity index (χ3n) is 7.65. The zero-order valence-electron chi connectivity index (χ0n) is 24.8. The highest BCUT2D eigenvalue weighted by atomic mass is 35.5. The highest BCUT2D eigenvalue weighted by Gasteiger charge is 2.21. The van der Waals surface area contributed by atoms with Crippen LogP contribution in [0, 0.1) is 6.92 Å². The van der Waals surface area contributed by atoms with Gasteiger partial charge < -0.3 is 20.7 Å². The minimum Gasteiger partial charge on any atom is -0.480 e. The van der Waals surface area contributed by atoms with Crippen LogP contribution in [-0.2, 0) is 18.4 Å². The molecule has 5 aromatic rings. The van der Waals surface area contributed by atoms with Gasteiger partial charge in [-0.1, -0.05) is 53.5 Å². The summed E-state index contributed by atoms with van der Waals surface area (Å²) >= 11 is 14.0. The number of halogens is 2. The molecule has 0 saturated carbocycles. The van der Waals surface area contributed by atoms with Crippen LogP contribution in [0.5, 0.6) is 5.88 Å². The maximum Gasteiger partial charge on any atom is 0.278 e. The number of carbonyl (C=O) groups excluding carboxylic acids is 1. The summed E-state index contributed by atoms with van der Waals surface area (Å²) in [4.78, 5) is 38.3. The van der Waals surface area contributed by atoms with Crippen molar-refractivity contribution < 1.29 is 9.53 Å². The second kappa shape index (κ2) is 12.8. The first-order chi connectivity index (χ1) is 21.7. The summed E-state index contributed by atoms with van der Waals surface area (Å²) in [5.74, 6) is 0.839. The quantitative estimate of drug-likeness (QED) is 0.198. The second-order valence-corrected chi connectivity index (χ2v) is 11.5. The molecule has 4 heterocycles.